The molecule has 11 aliphatic rings. The zero-order valence-electron chi connectivity index (χ0n) is 76.4. The van der Waals surface area contributed by atoms with Gasteiger partial charge in [0.15, 0.2) is 62.9 Å². The molecule has 5 amide bonds. The van der Waals surface area contributed by atoms with Gasteiger partial charge in [-0.05, 0) is 6.92 Å². The Balaban J connectivity index is 0.920. The lowest BCUT2D eigenvalue weighted by Crippen LogP contribution is -2.71. The maximum atomic E-state index is 13.4. The molecule has 1 unspecified atom stereocenters. The first-order valence-electron chi connectivity index (χ1n) is 45.1. The molecular weight excluding hydrogens is 1950 g/mol. The molecule has 0 aliphatic carbocycles. The Morgan fingerprint density at radius 1 is 0.303 bits per heavy atom. The van der Waals surface area contributed by atoms with Crippen LogP contribution in [0.4, 0.5) is 0 Å². The summed E-state index contributed by atoms with van der Waals surface area (Å²) >= 11 is 0. The van der Waals surface area contributed by atoms with Crippen LogP contribution >= 0.6 is 0 Å². The number of amides is 5. The predicted octanol–water partition coefficient (Wildman–Crippen LogP) is -24.0. The van der Waals surface area contributed by atoms with Crippen LogP contribution in [0.1, 0.15) is 48.0 Å². The highest BCUT2D eigenvalue weighted by molar-refractivity contribution is 5.77. The molecule has 820 valence electrons. The SMILES string of the molecule is CC(=O)N[C@H]1[C@H](O[C@H]2[C@H](O)[C@@H](NC(C)=O)C(O)O[C@@H]2CO[C@@H]2O[C@@H](C)[C@@H](O)[C@@H](O)[C@@H]2O)O[C@H](CO)[C@@H](O[C@@H]2O[C@H](CO[C@H]3O[C@H](CO)[C@@H](O)[C@H](O)[C@@H]3O[C@H]3O[C@H](CO)[C@@H](O[C@@H]4O[C@H](CO)[C@H](O)[C@H](O)[C@H]4O)[C@H](O)[C@H]3NC(C)=O)[C@@H](O)[C@H](O[C@H]3O[C@H](CO)[C@@H](O)[C@H](O)[C@@H]3O[C@H]3O[C@H](CO)[C@@H](O[C@@H]4O[C@H](CO)[C@H](O)[C@H](O[C@]5(C(=O)O)C[C@H](O)[C@@H](NC(C)=O)[C@H]([C@H](O)[C@H](O)CO)O5)[C@H]4O)[C@H](O)[C@H]3NC(C)=O)[C@@H]2O)[C@@H]1O. The highest BCUT2D eigenvalue weighted by Gasteiger charge is 2.65. The van der Waals surface area contributed by atoms with Gasteiger partial charge >= 0.3 is 5.97 Å². The Labute approximate surface area is 803 Å². The summed E-state index contributed by atoms with van der Waals surface area (Å²) in [6, 6.07) is -9.82. The van der Waals surface area contributed by atoms with E-state index in [1.54, 1.807) is 0 Å². The van der Waals surface area contributed by atoms with Crippen LogP contribution < -0.4 is 26.6 Å². The van der Waals surface area contributed by atoms with Gasteiger partial charge in [0.1, 0.15) is 256 Å². The number of hydrogen-bond acceptors (Lipinski definition) is 57. The first kappa shape index (κ1) is 117. The fraction of sp³-hybridized carbons (Fsp3) is 0.924. The maximum Gasteiger partial charge on any atom is 0.364 e. The molecule has 0 aromatic carbocycles. The van der Waals surface area contributed by atoms with E-state index in [0.717, 1.165) is 34.6 Å². The maximum absolute atomic E-state index is 13.4. The van der Waals surface area contributed by atoms with Crippen LogP contribution in [0.15, 0.2) is 0 Å². The van der Waals surface area contributed by atoms with Gasteiger partial charge in [-0.3, -0.25) is 24.0 Å². The van der Waals surface area contributed by atoms with E-state index in [9.17, 15) is 187 Å². The molecule has 0 aromatic rings. The van der Waals surface area contributed by atoms with Gasteiger partial charge in [0, 0.05) is 41.0 Å². The van der Waals surface area contributed by atoms with Crippen molar-refractivity contribution in [1.29, 1.82) is 0 Å². The number of carboxylic acid groups (broad SMARTS) is 1. The molecule has 11 heterocycles. The van der Waals surface area contributed by atoms with Crippen molar-refractivity contribution in [2.24, 2.45) is 0 Å². The van der Waals surface area contributed by atoms with Crippen LogP contribution in [0.3, 0.4) is 0 Å². The number of nitrogens with one attached hydrogen (secondary N) is 5. The van der Waals surface area contributed by atoms with Crippen molar-refractivity contribution in [2.75, 3.05) is 66.1 Å². The van der Waals surface area contributed by atoms with Crippen LogP contribution in [-0.2, 0) is 128 Å². The lowest BCUT2D eigenvalue weighted by atomic mass is 9.88. The highest BCUT2D eigenvalue weighted by Crippen LogP contribution is 2.44. The van der Waals surface area contributed by atoms with Gasteiger partial charge < -0.3 is 284 Å². The van der Waals surface area contributed by atoms with Gasteiger partial charge in [-0.25, -0.2) is 4.79 Å². The molecule has 0 bridgehead atoms. The number of carbonyl (C=O) groups is 6. The summed E-state index contributed by atoms with van der Waals surface area (Å²) in [6.45, 7) is -6.14. The number of aliphatic hydroxyl groups is 30. The van der Waals surface area contributed by atoms with Gasteiger partial charge in [0.2, 0.25) is 29.5 Å². The zero-order valence-corrected chi connectivity index (χ0v) is 76.4. The van der Waals surface area contributed by atoms with Crippen molar-refractivity contribution in [3.8, 4) is 0 Å². The van der Waals surface area contributed by atoms with Gasteiger partial charge in [0.05, 0.1) is 84.3 Å². The van der Waals surface area contributed by atoms with Crippen LogP contribution in [0, 0.1) is 0 Å². The first-order valence-corrected chi connectivity index (χ1v) is 45.1. The minimum Gasteiger partial charge on any atom is -0.477 e. The smallest absolute Gasteiger partial charge is 0.364 e. The fourth-order valence-electron chi connectivity index (χ4n) is 18.4. The van der Waals surface area contributed by atoms with Gasteiger partial charge in [0.25, 0.3) is 5.79 Å². The monoisotopic (exact) mass is 2080 g/mol. The van der Waals surface area contributed by atoms with E-state index in [-0.39, 0.29) is 0 Å². The van der Waals surface area contributed by atoms with Crippen molar-refractivity contribution >= 4 is 35.5 Å². The number of carbonyl (C=O) groups excluding carboxylic acids is 5. The largest absolute Gasteiger partial charge is 0.477 e. The Morgan fingerprint density at radius 3 is 1.06 bits per heavy atom. The Bertz CT molecular complexity index is 4010. The Kier molecular flexibility index (Phi) is 41.7. The number of aliphatic hydroxyl groups excluding tert-OH is 30. The standard InChI is InChI=1S/C79H131N5O58/c1-18-40(100)51(111)55(115)72(124-18)122-17-34-62(47(107)36(68(119)125-34)81-20(3)94)134-69-37(82-21(4)95)48(108)60(31(14-91)130-69)136-74-57(117)64(46(106)33(133-74)16-123-76-66(53(113)43(103)27(10-87)128-76)139-70-38(83-22(5)96)49(109)59(30(13-90)131-70)135-73-56(116)52(112)42(102)26(9-86)126-73)138-77-67(54(114)44(104)28(11-88)129-77)140-71-39(84-23(6)97)50(110)61(32(15-92)132-71)137-75-58(118)65(45(105)29(12-89)127-75)142-79(78(120)121)7-24(98)35(80-19(2)93)63(141-79)41(101)25(99)8-85/h18,24-77,85-92,98-119H,7-17H2,1-6H3,(H,80,93)(H,81,94)(H,82,95)(H,83,96)(H,84,97)(H,120,121)/t18-,24-,25+,26+,27+,28+,29+,30+,31+,32+,33+,34+,35+,36+,37+,38+,39+,40+,41+,42-,43+,44+,45-,46+,47+,48+,49+,50+,51+,52-,53-,54-,55-,56+,57-,58+,59+,60+,61+,62+,63+,64-,65-,66-,67-,68?,69-,70+,71+,72+,73-,74-,75-,76-,77+,79-/m0/s1. The molecule has 63 nitrogen and oxygen atoms in total. The van der Waals surface area contributed by atoms with Crippen LogP contribution in [-0.4, -0.2) is 603 Å². The topological polar surface area (TPSA) is 984 Å². The molecule has 0 spiro atoms. The number of hydrogen-bond donors (Lipinski definition) is 36. The second-order valence-electron chi connectivity index (χ2n) is 36.0. The second-order valence-corrected chi connectivity index (χ2v) is 36.0. The summed E-state index contributed by atoms with van der Waals surface area (Å²) in [5.74, 6) is -10.4. The third-order valence-electron chi connectivity index (χ3n) is 25.9. The predicted molar refractivity (Wildman–Crippen MR) is 436 cm³/mol. The van der Waals surface area contributed by atoms with E-state index in [1.807, 2.05) is 0 Å². The van der Waals surface area contributed by atoms with E-state index >= 15 is 0 Å². The minimum atomic E-state index is -3.35. The van der Waals surface area contributed by atoms with Crippen LogP contribution in [0.25, 0.3) is 0 Å². The summed E-state index contributed by atoms with van der Waals surface area (Å²) < 4.78 is 125. The molecule has 0 saturated carbocycles. The van der Waals surface area contributed by atoms with E-state index in [2.05, 4.69) is 26.6 Å². The molecule has 36 N–H and O–H groups in total. The molecular formula is C79H131N5O58. The molecule has 63 heteroatoms. The summed E-state index contributed by atoms with van der Waals surface area (Å²) in [5.41, 5.74) is 0. The molecule has 11 fully saturated rings. The van der Waals surface area contributed by atoms with Crippen molar-refractivity contribution in [3.63, 3.8) is 0 Å². The normalized spacial score (nSPS) is 48.0. The van der Waals surface area contributed by atoms with Crippen molar-refractivity contribution < 1.29 is 287 Å². The van der Waals surface area contributed by atoms with Crippen LogP contribution in [0.2, 0.25) is 0 Å². The fourth-order valence-corrected chi connectivity index (χ4v) is 18.4. The highest BCUT2D eigenvalue weighted by atomic mass is 16.8. The number of rotatable bonds is 38. The molecule has 11 aliphatic heterocycles. The first-order chi connectivity index (χ1) is 67.0. The molecule has 11 saturated heterocycles. The van der Waals surface area contributed by atoms with Crippen molar-refractivity contribution in [1.82, 2.24) is 26.6 Å². The number of carboxylic acids is 1. The number of aliphatic carboxylic acids is 1. The Morgan fingerprint density at radius 2 is 0.620 bits per heavy atom. The Hall–Kier alpha value is -5.22. The third-order valence-corrected chi connectivity index (χ3v) is 25.9. The second kappa shape index (κ2) is 50.6. The van der Waals surface area contributed by atoms with Crippen LogP contribution in [0.5, 0.6) is 0 Å². The van der Waals surface area contributed by atoms with Crippen molar-refractivity contribution in [3.05, 3.63) is 0 Å². The summed E-state index contributed by atoms with van der Waals surface area (Å²) in [7, 11) is 0. The molecule has 0 aromatic heterocycles. The van der Waals surface area contributed by atoms with Gasteiger partial charge in [-0.15, -0.1) is 0 Å². The average molecular weight is 2080 g/mol. The third kappa shape index (κ3) is 25.8. The van der Waals surface area contributed by atoms with Gasteiger partial charge in [-0.2, -0.15) is 0 Å². The van der Waals surface area contributed by atoms with E-state index < -0.39 is 451 Å². The van der Waals surface area contributed by atoms with E-state index in [0.29, 0.717) is 0 Å². The van der Waals surface area contributed by atoms with Gasteiger partial charge in [-0.1, -0.05) is 0 Å². The molecule has 142 heavy (non-hydrogen) atoms. The van der Waals surface area contributed by atoms with E-state index in [4.69, 9.17) is 99.5 Å². The molecule has 0 radical (unpaired) electrons. The molecule has 11 rings (SSSR count). The van der Waals surface area contributed by atoms with E-state index in [1.165, 1.54) is 6.92 Å². The number of ether oxygens (including phenoxy) is 21. The summed E-state index contributed by atoms with van der Waals surface area (Å²) in [5, 5.41) is 361. The summed E-state index contributed by atoms with van der Waals surface area (Å²) in [6.07, 6.45) is -111. The molecule has 56 atom stereocenters. The average Bonchev–Trinajstić information content (AvgIpc) is 0.747. The summed E-state index contributed by atoms with van der Waals surface area (Å²) in [4.78, 5) is 77.9. The van der Waals surface area contributed by atoms with Crippen molar-refractivity contribution in [2.45, 2.75) is 391 Å². The lowest BCUT2D eigenvalue weighted by Gasteiger charge is -2.51. The quantitative estimate of drug-likeness (QED) is 0.0273. The zero-order chi connectivity index (χ0) is 105. The lowest BCUT2D eigenvalue weighted by molar-refractivity contribution is -0.401. The minimum absolute atomic E-state index is 0.840.